The molecule has 0 bridgehead atoms. The van der Waals surface area contributed by atoms with Gasteiger partial charge >= 0.3 is 0 Å². The van der Waals surface area contributed by atoms with Crippen LogP contribution >= 0.6 is 0 Å². The molecule has 4 heteroatoms. The number of aliphatic hydroxyl groups is 1. The Morgan fingerprint density at radius 3 is 2.48 bits per heavy atom. The molecule has 0 heterocycles. The molecule has 0 radical (unpaired) electrons. The molecular weight excluding hydrogens is 266 g/mol. The Morgan fingerprint density at radius 2 is 1.81 bits per heavy atom. The van der Waals surface area contributed by atoms with Crippen molar-refractivity contribution in [2.75, 3.05) is 13.2 Å². The molecule has 0 spiro atoms. The largest absolute Gasteiger partial charge is 0.490 e. The Labute approximate surface area is 125 Å². The van der Waals surface area contributed by atoms with E-state index in [9.17, 15) is 5.11 Å². The smallest absolute Gasteiger partial charge is 0.167 e. The summed E-state index contributed by atoms with van der Waals surface area (Å²) in [5, 5.41) is 10.0. The van der Waals surface area contributed by atoms with E-state index in [0.29, 0.717) is 30.3 Å². The van der Waals surface area contributed by atoms with Crippen LogP contribution in [-0.4, -0.2) is 18.3 Å². The molecule has 0 fully saturated rings. The monoisotopic (exact) mass is 287 g/mol. The minimum Gasteiger partial charge on any atom is -0.490 e. The second kappa shape index (κ2) is 7.67. The second-order valence-electron chi connectivity index (χ2n) is 4.63. The molecule has 0 aliphatic heterocycles. The zero-order valence-electron chi connectivity index (χ0n) is 12.2. The summed E-state index contributed by atoms with van der Waals surface area (Å²) >= 11 is 0. The van der Waals surface area contributed by atoms with E-state index < -0.39 is 6.10 Å². The predicted molar refractivity (Wildman–Crippen MR) is 82.4 cm³/mol. The zero-order chi connectivity index (χ0) is 15.1. The van der Waals surface area contributed by atoms with E-state index in [-0.39, 0.29) is 6.54 Å². The molecule has 3 N–H and O–H groups in total. The molecule has 112 valence electrons. The van der Waals surface area contributed by atoms with Crippen LogP contribution in [0.15, 0.2) is 48.5 Å². The highest BCUT2D eigenvalue weighted by Crippen LogP contribution is 2.35. The quantitative estimate of drug-likeness (QED) is 0.821. The van der Waals surface area contributed by atoms with E-state index in [0.717, 1.165) is 5.56 Å². The first kappa shape index (κ1) is 15.4. The summed E-state index contributed by atoms with van der Waals surface area (Å²) in [6.07, 6.45) is -0.767. The van der Waals surface area contributed by atoms with E-state index in [1.165, 1.54) is 0 Å². The Balaban J connectivity index is 2.25. The van der Waals surface area contributed by atoms with Gasteiger partial charge in [0.1, 0.15) is 6.61 Å². The number of aliphatic hydroxyl groups excluding tert-OH is 1. The van der Waals surface area contributed by atoms with E-state index in [1.54, 1.807) is 6.07 Å². The third kappa shape index (κ3) is 3.97. The topological polar surface area (TPSA) is 64.7 Å². The molecule has 2 aromatic carbocycles. The van der Waals surface area contributed by atoms with E-state index >= 15 is 0 Å². The predicted octanol–water partition coefficient (Wildman–Crippen LogP) is 2.66. The first-order valence-electron chi connectivity index (χ1n) is 7.06. The SMILES string of the molecule is CCOc1cccc(C(O)CN)c1OCc1ccccc1. The van der Waals surface area contributed by atoms with Crippen molar-refractivity contribution < 1.29 is 14.6 Å². The van der Waals surface area contributed by atoms with Crippen molar-refractivity contribution in [2.45, 2.75) is 19.6 Å². The Morgan fingerprint density at radius 1 is 1.05 bits per heavy atom. The first-order chi connectivity index (χ1) is 10.3. The second-order valence-corrected chi connectivity index (χ2v) is 4.63. The van der Waals surface area contributed by atoms with E-state index in [1.807, 2.05) is 49.4 Å². The fourth-order valence-corrected chi connectivity index (χ4v) is 2.08. The maximum atomic E-state index is 10.0. The van der Waals surface area contributed by atoms with Crippen LogP contribution in [0.1, 0.15) is 24.2 Å². The summed E-state index contributed by atoms with van der Waals surface area (Å²) in [6, 6.07) is 15.3. The maximum Gasteiger partial charge on any atom is 0.167 e. The number of rotatable bonds is 7. The van der Waals surface area contributed by atoms with Gasteiger partial charge in [0.2, 0.25) is 0 Å². The Kier molecular flexibility index (Phi) is 5.60. The maximum absolute atomic E-state index is 10.0. The number of ether oxygens (including phenoxy) is 2. The molecule has 0 aliphatic carbocycles. The molecule has 2 aromatic rings. The van der Waals surface area contributed by atoms with Crippen LogP contribution in [0.5, 0.6) is 11.5 Å². The lowest BCUT2D eigenvalue weighted by atomic mass is 10.1. The molecule has 0 amide bonds. The lowest BCUT2D eigenvalue weighted by molar-refractivity contribution is 0.176. The number of benzene rings is 2. The average molecular weight is 287 g/mol. The highest BCUT2D eigenvalue weighted by Gasteiger charge is 2.16. The van der Waals surface area contributed by atoms with E-state index in [4.69, 9.17) is 15.2 Å². The highest BCUT2D eigenvalue weighted by molar-refractivity contribution is 5.48. The van der Waals surface area contributed by atoms with Crippen molar-refractivity contribution in [1.29, 1.82) is 0 Å². The van der Waals surface area contributed by atoms with Crippen LogP contribution in [0.4, 0.5) is 0 Å². The summed E-state index contributed by atoms with van der Waals surface area (Å²) in [5.41, 5.74) is 7.26. The lowest BCUT2D eigenvalue weighted by Crippen LogP contribution is -2.13. The normalized spacial score (nSPS) is 12.0. The van der Waals surface area contributed by atoms with Crippen LogP contribution in [0.25, 0.3) is 0 Å². The van der Waals surface area contributed by atoms with Crippen LogP contribution in [0.2, 0.25) is 0 Å². The van der Waals surface area contributed by atoms with Gasteiger partial charge < -0.3 is 20.3 Å². The molecule has 21 heavy (non-hydrogen) atoms. The molecule has 1 unspecified atom stereocenters. The number of hydrogen-bond acceptors (Lipinski definition) is 4. The van der Waals surface area contributed by atoms with E-state index in [2.05, 4.69) is 0 Å². The first-order valence-corrected chi connectivity index (χ1v) is 7.06. The third-order valence-corrected chi connectivity index (χ3v) is 3.12. The van der Waals surface area contributed by atoms with Crippen LogP contribution < -0.4 is 15.2 Å². The molecule has 1 atom stereocenters. The minimum absolute atomic E-state index is 0.136. The van der Waals surface area contributed by atoms with Gasteiger partial charge in [-0.3, -0.25) is 0 Å². The molecule has 0 saturated heterocycles. The highest BCUT2D eigenvalue weighted by atomic mass is 16.5. The molecule has 0 saturated carbocycles. The number of hydrogen-bond donors (Lipinski definition) is 2. The molecular formula is C17H21NO3. The van der Waals surface area contributed by atoms with Gasteiger partial charge in [0, 0.05) is 12.1 Å². The van der Waals surface area contributed by atoms with Crippen molar-refractivity contribution in [3.63, 3.8) is 0 Å². The van der Waals surface area contributed by atoms with Crippen molar-refractivity contribution in [3.8, 4) is 11.5 Å². The van der Waals surface area contributed by atoms with Crippen LogP contribution in [0, 0.1) is 0 Å². The number of para-hydroxylation sites is 1. The van der Waals surface area contributed by atoms with Gasteiger partial charge in [-0.15, -0.1) is 0 Å². The molecule has 4 nitrogen and oxygen atoms in total. The molecule has 0 aliphatic rings. The van der Waals surface area contributed by atoms with Gasteiger partial charge in [0.25, 0.3) is 0 Å². The summed E-state index contributed by atoms with van der Waals surface area (Å²) in [7, 11) is 0. The fourth-order valence-electron chi connectivity index (χ4n) is 2.08. The summed E-state index contributed by atoms with van der Waals surface area (Å²) in [5.74, 6) is 1.18. The molecule has 2 rings (SSSR count). The summed E-state index contributed by atoms with van der Waals surface area (Å²) in [4.78, 5) is 0. The van der Waals surface area contributed by atoms with Crippen molar-refractivity contribution in [1.82, 2.24) is 0 Å². The van der Waals surface area contributed by atoms with Gasteiger partial charge in [0.05, 0.1) is 12.7 Å². The van der Waals surface area contributed by atoms with Crippen molar-refractivity contribution in [2.24, 2.45) is 5.73 Å². The average Bonchev–Trinajstić information content (AvgIpc) is 2.54. The Hall–Kier alpha value is -2.04. The Bertz CT molecular complexity index is 557. The lowest BCUT2D eigenvalue weighted by Gasteiger charge is -2.18. The minimum atomic E-state index is -0.767. The number of nitrogens with two attached hydrogens (primary N) is 1. The van der Waals surface area contributed by atoms with Crippen LogP contribution in [-0.2, 0) is 6.61 Å². The zero-order valence-corrected chi connectivity index (χ0v) is 12.2. The van der Waals surface area contributed by atoms with Gasteiger partial charge in [-0.1, -0.05) is 42.5 Å². The molecule has 0 aromatic heterocycles. The van der Waals surface area contributed by atoms with Gasteiger partial charge in [0.15, 0.2) is 11.5 Å². The fraction of sp³-hybridized carbons (Fsp3) is 0.294. The van der Waals surface area contributed by atoms with Gasteiger partial charge in [-0.05, 0) is 18.6 Å². The van der Waals surface area contributed by atoms with Gasteiger partial charge in [-0.25, -0.2) is 0 Å². The summed E-state index contributed by atoms with van der Waals surface area (Å²) < 4.78 is 11.5. The van der Waals surface area contributed by atoms with Gasteiger partial charge in [-0.2, -0.15) is 0 Å². The summed E-state index contributed by atoms with van der Waals surface area (Å²) in [6.45, 7) is 2.99. The standard InChI is InChI=1S/C17H21NO3/c1-2-20-16-10-6-9-14(15(19)11-18)17(16)21-12-13-7-4-3-5-8-13/h3-10,15,19H,2,11-12,18H2,1H3. The van der Waals surface area contributed by atoms with Crippen molar-refractivity contribution >= 4 is 0 Å². The van der Waals surface area contributed by atoms with Crippen molar-refractivity contribution in [3.05, 3.63) is 59.7 Å². The third-order valence-electron chi connectivity index (χ3n) is 3.12. The van der Waals surface area contributed by atoms with Crippen LogP contribution in [0.3, 0.4) is 0 Å².